The second kappa shape index (κ2) is 9.17. The van der Waals surface area contributed by atoms with Gasteiger partial charge in [0.1, 0.15) is 5.75 Å². The number of primary amides is 1. The topological polar surface area (TPSA) is 113 Å². The Kier molecular flexibility index (Phi) is 6.40. The fraction of sp³-hybridized carbons (Fsp3) is 0.174. The number of Topliss-reactive ketones (excluding diaryl/α,β-unsaturated/α-hetero) is 1. The van der Waals surface area contributed by atoms with Gasteiger partial charge in [0, 0.05) is 28.3 Å². The number of esters is 1. The number of urea groups is 1. The van der Waals surface area contributed by atoms with Gasteiger partial charge in [0.15, 0.2) is 6.61 Å². The number of nitrogens with two attached hydrogens (primary N) is 1. The third-order valence-corrected chi connectivity index (χ3v) is 4.78. The van der Waals surface area contributed by atoms with E-state index in [1.54, 1.807) is 13.2 Å². The number of nitrogens with one attached hydrogen (secondary N) is 1. The number of nitrogens with zero attached hydrogens (tertiary/aromatic N) is 1. The van der Waals surface area contributed by atoms with Crippen molar-refractivity contribution in [3.63, 3.8) is 0 Å². The molecule has 3 rings (SSSR count). The van der Waals surface area contributed by atoms with Gasteiger partial charge in [-0.1, -0.05) is 0 Å². The van der Waals surface area contributed by atoms with Gasteiger partial charge in [0.05, 0.1) is 12.7 Å². The largest absolute Gasteiger partial charge is 0.497 e. The quantitative estimate of drug-likeness (QED) is 0.447. The third kappa shape index (κ3) is 4.92. The van der Waals surface area contributed by atoms with E-state index in [9.17, 15) is 14.4 Å². The molecule has 0 aliphatic carbocycles. The first-order valence-electron chi connectivity index (χ1n) is 9.50. The summed E-state index contributed by atoms with van der Waals surface area (Å²) in [5.74, 6) is -0.191. The highest BCUT2D eigenvalue weighted by atomic mass is 16.5. The molecule has 0 bridgehead atoms. The molecule has 3 N–H and O–H groups in total. The van der Waals surface area contributed by atoms with Crippen LogP contribution in [0.4, 0.5) is 10.5 Å². The molecule has 1 heterocycles. The Morgan fingerprint density at radius 2 is 1.65 bits per heavy atom. The number of ether oxygens (including phenoxy) is 2. The van der Waals surface area contributed by atoms with Gasteiger partial charge in [0.2, 0.25) is 5.78 Å². The van der Waals surface area contributed by atoms with Crippen molar-refractivity contribution in [2.75, 3.05) is 19.0 Å². The van der Waals surface area contributed by atoms with E-state index in [2.05, 4.69) is 5.32 Å². The van der Waals surface area contributed by atoms with Gasteiger partial charge in [0.25, 0.3) is 0 Å². The van der Waals surface area contributed by atoms with Crippen LogP contribution in [-0.2, 0) is 4.74 Å². The average Bonchev–Trinajstić information content (AvgIpc) is 3.06. The van der Waals surface area contributed by atoms with Crippen LogP contribution in [0.3, 0.4) is 0 Å². The monoisotopic (exact) mass is 421 g/mol. The highest BCUT2D eigenvalue weighted by Crippen LogP contribution is 2.23. The van der Waals surface area contributed by atoms with Crippen molar-refractivity contribution >= 4 is 23.5 Å². The summed E-state index contributed by atoms with van der Waals surface area (Å²) in [7, 11) is 1.60. The maximum absolute atomic E-state index is 12.7. The summed E-state index contributed by atoms with van der Waals surface area (Å²) in [4.78, 5) is 35.8. The smallest absolute Gasteiger partial charge is 0.338 e. The molecule has 31 heavy (non-hydrogen) atoms. The van der Waals surface area contributed by atoms with Crippen molar-refractivity contribution < 1.29 is 23.9 Å². The molecule has 0 aliphatic heterocycles. The zero-order valence-electron chi connectivity index (χ0n) is 17.5. The van der Waals surface area contributed by atoms with Crippen LogP contribution in [0.15, 0.2) is 54.6 Å². The number of carbonyl (C=O) groups excluding carboxylic acids is 3. The van der Waals surface area contributed by atoms with Gasteiger partial charge < -0.3 is 25.1 Å². The van der Waals surface area contributed by atoms with Gasteiger partial charge >= 0.3 is 12.0 Å². The van der Waals surface area contributed by atoms with E-state index in [4.69, 9.17) is 15.2 Å². The molecule has 2 amide bonds. The SMILES string of the molecule is COc1ccc(-n2c(C)cc(C(=O)COC(=O)c3ccc(NC(N)=O)cc3)c2C)cc1. The minimum Gasteiger partial charge on any atom is -0.497 e. The van der Waals surface area contributed by atoms with E-state index in [-0.39, 0.29) is 18.0 Å². The molecule has 0 radical (unpaired) electrons. The number of hydrogen-bond donors (Lipinski definition) is 2. The summed E-state index contributed by atoms with van der Waals surface area (Å²) in [6.07, 6.45) is 0. The number of anilines is 1. The standard InChI is InChI=1S/C23H23N3O5/c1-14-12-20(15(2)26(14)18-8-10-19(30-3)11-9-18)21(27)13-31-22(28)16-4-6-17(7-5-16)25-23(24)29/h4-12H,13H2,1-3H3,(H3,24,25,29). The molecule has 0 fully saturated rings. The fourth-order valence-corrected chi connectivity index (χ4v) is 3.30. The van der Waals surface area contributed by atoms with Gasteiger partial charge in [-0.15, -0.1) is 0 Å². The van der Waals surface area contributed by atoms with Crippen LogP contribution in [0.25, 0.3) is 5.69 Å². The van der Waals surface area contributed by atoms with Crippen LogP contribution in [0, 0.1) is 13.8 Å². The molecule has 3 aromatic rings. The second-order valence-corrected chi connectivity index (χ2v) is 6.88. The summed E-state index contributed by atoms with van der Waals surface area (Å²) in [5.41, 5.74) is 8.78. The predicted molar refractivity (Wildman–Crippen MR) is 116 cm³/mol. The maximum atomic E-state index is 12.7. The Morgan fingerprint density at radius 3 is 2.23 bits per heavy atom. The molecule has 0 unspecified atom stereocenters. The van der Waals surface area contributed by atoms with E-state index in [1.165, 1.54) is 24.3 Å². The second-order valence-electron chi connectivity index (χ2n) is 6.88. The number of rotatable bonds is 7. The minimum atomic E-state index is -0.701. The molecule has 0 saturated heterocycles. The minimum absolute atomic E-state index is 0.256. The van der Waals surface area contributed by atoms with Crippen LogP contribution in [-0.4, -0.2) is 36.1 Å². The van der Waals surface area contributed by atoms with E-state index in [1.807, 2.05) is 42.7 Å². The molecule has 8 heteroatoms. The predicted octanol–water partition coefficient (Wildman–Crippen LogP) is 3.63. The maximum Gasteiger partial charge on any atom is 0.338 e. The summed E-state index contributed by atoms with van der Waals surface area (Å²) < 4.78 is 12.3. The molecular formula is C23H23N3O5. The van der Waals surface area contributed by atoms with Crippen molar-refractivity contribution in [3.8, 4) is 11.4 Å². The lowest BCUT2D eigenvalue weighted by Crippen LogP contribution is -2.19. The molecule has 1 aromatic heterocycles. The number of hydrogen-bond acceptors (Lipinski definition) is 5. The Morgan fingerprint density at radius 1 is 1.00 bits per heavy atom. The van der Waals surface area contributed by atoms with Crippen LogP contribution in [0.1, 0.15) is 32.1 Å². The first-order chi connectivity index (χ1) is 14.8. The summed E-state index contributed by atoms with van der Waals surface area (Å²) >= 11 is 0. The van der Waals surface area contributed by atoms with E-state index < -0.39 is 12.0 Å². The lowest BCUT2D eigenvalue weighted by atomic mass is 10.1. The van der Waals surface area contributed by atoms with Crippen LogP contribution in [0.2, 0.25) is 0 Å². The molecule has 2 aromatic carbocycles. The summed E-state index contributed by atoms with van der Waals surface area (Å²) in [6.45, 7) is 3.37. The average molecular weight is 421 g/mol. The molecule has 0 aliphatic rings. The van der Waals surface area contributed by atoms with Crippen molar-refractivity contribution in [1.29, 1.82) is 0 Å². The zero-order valence-corrected chi connectivity index (χ0v) is 17.5. The number of aryl methyl sites for hydroxylation is 1. The van der Waals surface area contributed by atoms with Crippen molar-refractivity contribution in [3.05, 3.63) is 77.1 Å². The van der Waals surface area contributed by atoms with E-state index in [0.29, 0.717) is 11.3 Å². The van der Waals surface area contributed by atoms with Crippen LogP contribution >= 0.6 is 0 Å². The van der Waals surface area contributed by atoms with Crippen molar-refractivity contribution in [2.24, 2.45) is 5.73 Å². The van der Waals surface area contributed by atoms with E-state index in [0.717, 1.165) is 22.8 Å². The molecular weight excluding hydrogens is 398 g/mol. The number of ketones is 1. The van der Waals surface area contributed by atoms with E-state index >= 15 is 0 Å². The number of methoxy groups -OCH3 is 1. The number of amides is 2. The summed E-state index contributed by atoms with van der Waals surface area (Å²) in [5, 5.41) is 2.40. The fourth-order valence-electron chi connectivity index (χ4n) is 3.30. The lowest BCUT2D eigenvalue weighted by Gasteiger charge is -2.11. The number of aromatic nitrogens is 1. The lowest BCUT2D eigenvalue weighted by molar-refractivity contribution is 0.0474. The van der Waals surface area contributed by atoms with Gasteiger partial charge in [-0.25, -0.2) is 9.59 Å². The highest BCUT2D eigenvalue weighted by molar-refractivity contribution is 6.00. The van der Waals surface area contributed by atoms with Crippen molar-refractivity contribution in [1.82, 2.24) is 4.57 Å². The molecule has 0 saturated carbocycles. The molecule has 8 nitrogen and oxygen atoms in total. The first kappa shape index (κ1) is 21.6. The Balaban J connectivity index is 1.69. The third-order valence-electron chi connectivity index (χ3n) is 4.78. The first-order valence-corrected chi connectivity index (χ1v) is 9.50. The molecule has 0 spiro atoms. The highest BCUT2D eigenvalue weighted by Gasteiger charge is 2.19. The Bertz CT molecular complexity index is 1120. The van der Waals surface area contributed by atoms with Gasteiger partial charge in [-0.2, -0.15) is 0 Å². The van der Waals surface area contributed by atoms with Crippen LogP contribution < -0.4 is 15.8 Å². The number of benzene rings is 2. The zero-order chi connectivity index (χ0) is 22.5. The normalized spacial score (nSPS) is 10.4. The Hall–Kier alpha value is -4.07. The summed E-state index contributed by atoms with van der Waals surface area (Å²) in [6, 6.07) is 14.6. The van der Waals surface area contributed by atoms with Crippen molar-refractivity contribution in [2.45, 2.75) is 13.8 Å². The van der Waals surface area contributed by atoms with Crippen LogP contribution in [0.5, 0.6) is 5.75 Å². The van der Waals surface area contributed by atoms with Gasteiger partial charge in [-0.05, 0) is 68.4 Å². The Labute approximate surface area is 179 Å². The molecule has 160 valence electrons. The number of carbonyl (C=O) groups is 3. The molecule has 0 atom stereocenters. The van der Waals surface area contributed by atoms with Gasteiger partial charge in [-0.3, -0.25) is 4.79 Å².